The number of hydrogen-bond acceptors (Lipinski definition) is 3. The zero-order chi connectivity index (χ0) is 13.7. The molecule has 1 saturated carbocycles. The Labute approximate surface area is 116 Å². The third kappa shape index (κ3) is 4.77. The normalized spacial score (nSPS) is 24.4. The quantitative estimate of drug-likeness (QED) is 0.840. The van der Waals surface area contributed by atoms with Gasteiger partial charge in [-0.1, -0.05) is 19.3 Å². The van der Waals surface area contributed by atoms with Gasteiger partial charge in [0.25, 0.3) is 0 Å². The van der Waals surface area contributed by atoms with E-state index in [1.165, 1.54) is 32.1 Å². The number of amides is 1. The summed E-state index contributed by atoms with van der Waals surface area (Å²) in [5, 5.41) is 9.37. The number of carbonyl (C=O) groups is 1. The van der Waals surface area contributed by atoms with E-state index in [4.69, 9.17) is 0 Å². The lowest BCUT2D eigenvalue weighted by molar-refractivity contribution is -0.134. The number of nitrogens with zero attached hydrogens (tertiary/aromatic N) is 2. The van der Waals surface area contributed by atoms with Crippen molar-refractivity contribution < 1.29 is 9.90 Å². The maximum Gasteiger partial charge on any atom is 0.222 e. The molecule has 4 heteroatoms. The monoisotopic (exact) mass is 268 g/mol. The highest BCUT2D eigenvalue weighted by molar-refractivity contribution is 5.76. The highest BCUT2D eigenvalue weighted by Crippen LogP contribution is 2.26. The second kappa shape index (κ2) is 7.25. The number of hydrogen-bond donors (Lipinski definition) is 1. The van der Waals surface area contributed by atoms with Gasteiger partial charge in [0.15, 0.2) is 0 Å². The molecule has 1 saturated heterocycles. The lowest BCUT2D eigenvalue weighted by Gasteiger charge is -2.36. The molecule has 1 aliphatic carbocycles. The third-order valence-electron chi connectivity index (χ3n) is 4.44. The van der Waals surface area contributed by atoms with Crippen molar-refractivity contribution in [2.45, 2.75) is 51.6 Å². The molecule has 0 aromatic carbocycles. The molecule has 1 heterocycles. The molecular weight excluding hydrogens is 240 g/mol. The van der Waals surface area contributed by atoms with Gasteiger partial charge in [0.2, 0.25) is 5.91 Å². The minimum absolute atomic E-state index is 0.274. The van der Waals surface area contributed by atoms with Crippen LogP contribution in [0.5, 0.6) is 0 Å². The maximum absolute atomic E-state index is 12.3. The van der Waals surface area contributed by atoms with Gasteiger partial charge in [-0.25, -0.2) is 0 Å². The van der Waals surface area contributed by atoms with Crippen LogP contribution >= 0.6 is 0 Å². The molecule has 0 radical (unpaired) electrons. The van der Waals surface area contributed by atoms with Crippen molar-refractivity contribution in [1.82, 2.24) is 9.80 Å². The van der Waals surface area contributed by atoms with Crippen molar-refractivity contribution in [2.24, 2.45) is 5.92 Å². The van der Waals surface area contributed by atoms with Gasteiger partial charge in [0, 0.05) is 39.1 Å². The van der Waals surface area contributed by atoms with E-state index in [2.05, 4.69) is 4.90 Å². The minimum Gasteiger partial charge on any atom is -0.392 e. The first kappa shape index (κ1) is 14.8. The van der Waals surface area contributed by atoms with E-state index in [9.17, 15) is 9.90 Å². The zero-order valence-corrected chi connectivity index (χ0v) is 12.2. The summed E-state index contributed by atoms with van der Waals surface area (Å²) >= 11 is 0. The van der Waals surface area contributed by atoms with E-state index in [-0.39, 0.29) is 6.10 Å². The first-order valence-electron chi connectivity index (χ1n) is 7.83. The molecule has 0 spiro atoms. The smallest absolute Gasteiger partial charge is 0.222 e. The highest BCUT2D eigenvalue weighted by atomic mass is 16.3. The fourth-order valence-corrected chi connectivity index (χ4v) is 3.32. The van der Waals surface area contributed by atoms with Gasteiger partial charge in [0.1, 0.15) is 0 Å². The number of piperazine rings is 1. The Morgan fingerprint density at radius 1 is 1.16 bits per heavy atom. The Kier molecular flexibility index (Phi) is 5.64. The summed E-state index contributed by atoms with van der Waals surface area (Å²) in [4.78, 5) is 16.5. The van der Waals surface area contributed by atoms with Crippen LogP contribution in [0.15, 0.2) is 0 Å². The van der Waals surface area contributed by atoms with Gasteiger partial charge in [-0.3, -0.25) is 9.69 Å². The second-order valence-electron chi connectivity index (χ2n) is 6.24. The van der Waals surface area contributed by atoms with Gasteiger partial charge >= 0.3 is 0 Å². The van der Waals surface area contributed by atoms with E-state index in [0.29, 0.717) is 11.8 Å². The molecule has 19 heavy (non-hydrogen) atoms. The Morgan fingerprint density at radius 3 is 2.37 bits per heavy atom. The first-order chi connectivity index (χ1) is 9.15. The molecule has 2 fully saturated rings. The van der Waals surface area contributed by atoms with Crippen LogP contribution in [0.25, 0.3) is 0 Å². The highest BCUT2D eigenvalue weighted by Gasteiger charge is 2.24. The second-order valence-corrected chi connectivity index (χ2v) is 6.24. The van der Waals surface area contributed by atoms with Gasteiger partial charge in [-0.15, -0.1) is 0 Å². The van der Waals surface area contributed by atoms with Crippen LogP contribution in [0.1, 0.15) is 45.4 Å². The summed E-state index contributed by atoms with van der Waals surface area (Å²) in [5.74, 6) is 0.986. The van der Waals surface area contributed by atoms with Crippen LogP contribution in [0, 0.1) is 5.92 Å². The molecule has 110 valence electrons. The Hall–Kier alpha value is -0.610. The maximum atomic E-state index is 12.3. The fourth-order valence-electron chi connectivity index (χ4n) is 3.32. The number of β-amino-alcohol motifs (C(OH)–C–C–N with tert-alkyl or cyclic N) is 1. The van der Waals surface area contributed by atoms with Crippen molar-refractivity contribution in [2.75, 3.05) is 32.7 Å². The van der Waals surface area contributed by atoms with E-state index in [0.717, 1.165) is 39.1 Å². The van der Waals surface area contributed by atoms with Crippen molar-refractivity contribution in [3.8, 4) is 0 Å². The summed E-state index contributed by atoms with van der Waals surface area (Å²) in [6.45, 7) is 6.02. The number of rotatable bonds is 4. The Morgan fingerprint density at radius 2 is 1.79 bits per heavy atom. The average Bonchev–Trinajstić information content (AvgIpc) is 2.40. The molecule has 4 nitrogen and oxygen atoms in total. The molecule has 0 aromatic rings. The summed E-state index contributed by atoms with van der Waals surface area (Å²) in [7, 11) is 0. The van der Waals surface area contributed by atoms with E-state index in [1.54, 1.807) is 0 Å². The predicted octanol–water partition coefficient (Wildman–Crippen LogP) is 1.48. The molecule has 2 rings (SSSR count). The fraction of sp³-hybridized carbons (Fsp3) is 0.933. The molecule has 2 aliphatic rings. The molecule has 1 amide bonds. The largest absolute Gasteiger partial charge is 0.392 e. The molecular formula is C15H28N2O2. The molecule has 0 aromatic heterocycles. The molecule has 0 unspecified atom stereocenters. The van der Waals surface area contributed by atoms with Crippen LogP contribution < -0.4 is 0 Å². The average molecular weight is 268 g/mol. The van der Waals surface area contributed by atoms with E-state index in [1.807, 2.05) is 11.8 Å². The van der Waals surface area contributed by atoms with Crippen LogP contribution in [0.2, 0.25) is 0 Å². The van der Waals surface area contributed by atoms with Crippen molar-refractivity contribution in [3.05, 3.63) is 0 Å². The van der Waals surface area contributed by atoms with Crippen LogP contribution in [-0.4, -0.2) is 59.6 Å². The van der Waals surface area contributed by atoms with Gasteiger partial charge in [-0.2, -0.15) is 0 Å². The molecule has 1 aliphatic heterocycles. The van der Waals surface area contributed by atoms with Crippen LogP contribution in [0.3, 0.4) is 0 Å². The molecule has 1 atom stereocenters. The standard InChI is InChI=1S/C15H28N2O2/c1-13(18)12-16-7-9-17(10-8-16)15(19)11-14-5-3-2-4-6-14/h13-14,18H,2-12H2,1H3/t13-/m1/s1. The van der Waals surface area contributed by atoms with E-state index < -0.39 is 0 Å². The Balaban J connectivity index is 1.69. The van der Waals surface area contributed by atoms with E-state index >= 15 is 0 Å². The summed E-state index contributed by atoms with van der Waals surface area (Å²) < 4.78 is 0. The lowest BCUT2D eigenvalue weighted by atomic mass is 9.86. The van der Waals surface area contributed by atoms with Gasteiger partial charge in [-0.05, 0) is 25.7 Å². The minimum atomic E-state index is -0.274. The zero-order valence-electron chi connectivity index (χ0n) is 12.2. The van der Waals surface area contributed by atoms with Gasteiger partial charge < -0.3 is 10.0 Å². The SMILES string of the molecule is C[C@@H](O)CN1CCN(C(=O)CC2CCCCC2)CC1. The van der Waals surface area contributed by atoms with Crippen LogP contribution in [0.4, 0.5) is 0 Å². The summed E-state index contributed by atoms with van der Waals surface area (Å²) in [6.07, 6.45) is 6.94. The Bertz CT molecular complexity index is 280. The predicted molar refractivity (Wildman–Crippen MR) is 75.9 cm³/mol. The van der Waals surface area contributed by atoms with Crippen molar-refractivity contribution >= 4 is 5.91 Å². The number of carbonyl (C=O) groups excluding carboxylic acids is 1. The van der Waals surface area contributed by atoms with Crippen molar-refractivity contribution in [1.29, 1.82) is 0 Å². The lowest BCUT2D eigenvalue weighted by Crippen LogP contribution is -2.50. The number of aliphatic hydroxyl groups is 1. The molecule has 0 bridgehead atoms. The van der Waals surface area contributed by atoms with Crippen LogP contribution in [-0.2, 0) is 4.79 Å². The van der Waals surface area contributed by atoms with Gasteiger partial charge in [0.05, 0.1) is 6.10 Å². The summed E-state index contributed by atoms with van der Waals surface area (Å²) in [5.41, 5.74) is 0. The third-order valence-corrected chi connectivity index (χ3v) is 4.44. The number of aliphatic hydroxyl groups excluding tert-OH is 1. The summed E-state index contributed by atoms with van der Waals surface area (Å²) in [6, 6.07) is 0. The topological polar surface area (TPSA) is 43.8 Å². The van der Waals surface area contributed by atoms with Crippen molar-refractivity contribution in [3.63, 3.8) is 0 Å². The first-order valence-corrected chi connectivity index (χ1v) is 7.83. The molecule has 1 N–H and O–H groups in total.